The summed E-state index contributed by atoms with van der Waals surface area (Å²) in [6, 6.07) is 20.0. The second-order valence-corrected chi connectivity index (χ2v) is 10.7. The van der Waals surface area contributed by atoms with Crippen LogP contribution in [0.5, 0.6) is 0 Å². The van der Waals surface area contributed by atoms with Crippen molar-refractivity contribution in [1.29, 1.82) is 0 Å². The van der Waals surface area contributed by atoms with Gasteiger partial charge >= 0.3 is 0 Å². The Morgan fingerprint density at radius 1 is 0.881 bits per heavy atom. The third-order valence-corrected chi connectivity index (χ3v) is 7.64. The van der Waals surface area contributed by atoms with Crippen LogP contribution in [0.25, 0.3) is 11.3 Å². The lowest BCUT2D eigenvalue weighted by atomic mass is 10.1. The van der Waals surface area contributed by atoms with E-state index in [1.807, 2.05) is 48.5 Å². The molecule has 5 rings (SSSR count). The number of benzene rings is 3. The lowest BCUT2D eigenvalue weighted by Crippen LogP contribution is -2.46. The van der Waals surface area contributed by atoms with Crippen LogP contribution in [-0.2, 0) is 4.79 Å². The Morgan fingerprint density at radius 2 is 1.57 bits per heavy atom. The lowest BCUT2D eigenvalue weighted by molar-refractivity contribution is -0.114. The van der Waals surface area contributed by atoms with Gasteiger partial charge in [-0.1, -0.05) is 48.3 Å². The predicted molar refractivity (Wildman–Crippen MR) is 170 cm³/mol. The van der Waals surface area contributed by atoms with E-state index in [0.717, 1.165) is 44.0 Å². The van der Waals surface area contributed by atoms with Crippen molar-refractivity contribution in [2.24, 2.45) is 0 Å². The first-order valence-electron chi connectivity index (χ1n) is 13.7. The van der Waals surface area contributed by atoms with Crippen molar-refractivity contribution >= 4 is 63.7 Å². The maximum absolute atomic E-state index is 13.4. The Labute approximate surface area is 254 Å². The number of carbonyl (C=O) groups excluding carboxylic acids is 2. The quantitative estimate of drug-likeness (QED) is 0.210. The fraction of sp³-hybridized carbons (Fsp3) is 0.226. The monoisotopic (exact) mass is 603 g/mol. The number of likely N-dealkylation sites (N-methyl/N-ethyl adjacent to an activating group) is 1. The van der Waals surface area contributed by atoms with Crippen LogP contribution in [0.2, 0.25) is 10.0 Å². The van der Waals surface area contributed by atoms with Crippen LogP contribution < -0.4 is 20.9 Å². The molecule has 1 aliphatic heterocycles. The summed E-state index contributed by atoms with van der Waals surface area (Å²) in [6.45, 7) is 8.18. The van der Waals surface area contributed by atoms with Crippen molar-refractivity contribution in [3.05, 3.63) is 88.5 Å². The van der Waals surface area contributed by atoms with Crippen LogP contribution in [0.15, 0.2) is 72.9 Å². The molecule has 2 heterocycles. The van der Waals surface area contributed by atoms with E-state index in [2.05, 4.69) is 42.6 Å². The summed E-state index contributed by atoms with van der Waals surface area (Å²) in [6.07, 6.45) is 1.68. The van der Waals surface area contributed by atoms with E-state index in [0.29, 0.717) is 28.7 Å². The molecule has 4 aromatic rings. The zero-order valence-electron chi connectivity index (χ0n) is 23.3. The van der Waals surface area contributed by atoms with Gasteiger partial charge < -0.3 is 25.8 Å². The molecular formula is C31H31Cl2N7O2. The Balaban J connectivity index is 1.41. The van der Waals surface area contributed by atoms with Crippen LogP contribution in [0.1, 0.15) is 24.2 Å². The number of nitrogens with one attached hydrogen (secondary N) is 3. The summed E-state index contributed by atoms with van der Waals surface area (Å²) in [5, 5.41) is 9.63. The van der Waals surface area contributed by atoms with Crippen molar-refractivity contribution in [2.75, 3.05) is 53.6 Å². The molecule has 0 aliphatic carbocycles. The number of nitrogens with zero attached hydrogens (tertiary/aromatic N) is 4. The molecule has 3 N–H and O–H groups in total. The molecule has 0 spiro atoms. The Morgan fingerprint density at radius 3 is 2.24 bits per heavy atom. The van der Waals surface area contributed by atoms with Gasteiger partial charge in [-0.25, -0.2) is 9.97 Å². The number of amides is 2. The first-order chi connectivity index (χ1) is 20.3. The van der Waals surface area contributed by atoms with Crippen molar-refractivity contribution in [2.45, 2.75) is 13.8 Å². The Kier molecular flexibility index (Phi) is 9.22. The van der Waals surface area contributed by atoms with Gasteiger partial charge in [-0.15, -0.1) is 0 Å². The molecule has 0 radical (unpaired) electrons. The van der Waals surface area contributed by atoms with Gasteiger partial charge in [0.15, 0.2) is 0 Å². The average Bonchev–Trinajstić information content (AvgIpc) is 2.98. The maximum atomic E-state index is 13.4. The highest BCUT2D eigenvalue weighted by atomic mass is 35.5. The van der Waals surface area contributed by atoms with Crippen molar-refractivity contribution in [1.82, 2.24) is 14.9 Å². The molecule has 3 aromatic carbocycles. The highest BCUT2D eigenvalue weighted by molar-refractivity contribution is 6.40. The smallest absolute Gasteiger partial charge is 0.258 e. The number of carbonyl (C=O) groups is 2. The van der Waals surface area contributed by atoms with E-state index in [4.69, 9.17) is 23.2 Å². The zero-order valence-corrected chi connectivity index (χ0v) is 24.8. The van der Waals surface area contributed by atoms with Gasteiger partial charge in [-0.3, -0.25) is 9.59 Å². The summed E-state index contributed by atoms with van der Waals surface area (Å²) >= 11 is 12.7. The molecule has 0 bridgehead atoms. The maximum Gasteiger partial charge on any atom is 0.258 e. The van der Waals surface area contributed by atoms with E-state index < -0.39 is 5.91 Å². The number of halogens is 2. The van der Waals surface area contributed by atoms with Gasteiger partial charge in [0.05, 0.1) is 32.7 Å². The summed E-state index contributed by atoms with van der Waals surface area (Å²) in [4.78, 5) is 38.4. The standard InChI is InChI=1S/C31H31Cl2N7O2/c1-3-39-15-17-40(18-16-39)28-12-11-23(19-27(28)37-30(42)29-24(32)5-4-6-25(29)33)36-31-34-14-13-26(38-31)21-7-9-22(10-8-21)35-20(2)41/h4-14,19H,3,15-18H2,1-2H3,(H,35,41)(H,37,42)(H,34,36,38). The fourth-order valence-corrected chi connectivity index (χ4v) is 5.40. The van der Waals surface area contributed by atoms with E-state index in [-0.39, 0.29) is 21.5 Å². The molecule has 2 amide bonds. The minimum atomic E-state index is -0.392. The predicted octanol–water partition coefficient (Wildman–Crippen LogP) is 6.55. The van der Waals surface area contributed by atoms with Gasteiger partial charge in [-0.2, -0.15) is 0 Å². The van der Waals surface area contributed by atoms with Crippen LogP contribution in [-0.4, -0.2) is 59.4 Å². The third kappa shape index (κ3) is 6.99. The summed E-state index contributed by atoms with van der Waals surface area (Å²) in [5.74, 6) is -0.123. The number of hydrogen-bond acceptors (Lipinski definition) is 7. The summed E-state index contributed by atoms with van der Waals surface area (Å²) < 4.78 is 0. The number of aromatic nitrogens is 2. The van der Waals surface area contributed by atoms with E-state index in [1.165, 1.54) is 6.92 Å². The first-order valence-corrected chi connectivity index (χ1v) is 14.4. The summed E-state index contributed by atoms with van der Waals surface area (Å²) in [7, 11) is 0. The average molecular weight is 605 g/mol. The molecule has 0 atom stereocenters. The summed E-state index contributed by atoms with van der Waals surface area (Å²) in [5.41, 5.74) is 4.75. The highest BCUT2D eigenvalue weighted by Gasteiger charge is 2.22. The lowest BCUT2D eigenvalue weighted by Gasteiger charge is -2.36. The van der Waals surface area contributed by atoms with E-state index >= 15 is 0 Å². The van der Waals surface area contributed by atoms with Gasteiger partial charge in [-0.05, 0) is 55.1 Å². The van der Waals surface area contributed by atoms with Crippen molar-refractivity contribution < 1.29 is 9.59 Å². The van der Waals surface area contributed by atoms with E-state index in [9.17, 15) is 9.59 Å². The largest absolute Gasteiger partial charge is 0.367 e. The van der Waals surface area contributed by atoms with Crippen molar-refractivity contribution in [3.8, 4) is 11.3 Å². The Bertz CT molecular complexity index is 1570. The molecule has 1 fully saturated rings. The molecule has 216 valence electrons. The molecule has 0 unspecified atom stereocenters. The number of piperazine rings is 1. The number of anilines is 5. The fourth-order valence-electron chi connectivity index (χ4n) is 4.83. The topological polar surface area (TPSA) is 102 Å². The second-order valence-electron chi connectivity index (χ2n) is 9.85. The third-order valence-electron chi connectivity index (χ3n) is 7.01. The van der Waals surface area contributed by atoms with Crippen LogP contribution in [0.3, 0.4) is 0 Å². The first kappa shape index (κ1) is 29.3. The SMILES string of the molecule is CCN1CCN(c2ccc(Nc3nccc(-c4ccc(NC(C)=O)cc4)n3)cc2NC(=O)c2c(Cl)cccc2Cl)CC1. The normalized spacial score (nSPS) is 13.5. The van der Waals surface area contributed by atoms with Crippen LogP contribution in [0, 0.1) is 0 Å². The molecule has 1 aromatic heterocycles. The molecule has 11 heteroatoms. The molecule has 42 heavy (non-hydrogen) atoms. The minimum absolute atomic E-state index is 0.129. The van der Waals surface area contributed by atoms with Crippen LogP contribution >= 0.6 is 23.2 Å². The van der Waals surface area contributed by atoms with E-state index in [1.54, 1.807) is 24.4 Å². The molecular weight excluding hydrogens is 573 g/mol. The van der Waals surface area contributed by atoms with Gasteiger partial charge in [0.25, 0.3) is 5.91 Å². The van der Waals surface area contributed by atoms with Crippen molar-refractivity contribution in [3.63, 3.8) is 0 Å². The molecule has 0 saturated carbocycles. The highest BCUT2D eigenvalue weighted by Crippen LogP contribution is 2.33. The molecule has 9 nitrogen and oxygen atoms in total. The molecule has 1 aliphatic rings. The van der Waals surface area contributed by atoms with Crippen LogP contribution in [0.4, 0.5) is 28.7 Å². The Hall–Kier alpha value is -4.18. The van der Waals surface area contributed by atoms with Gasteiger partial charge in [0, 0.05) is 56.2 Å². The molecule has 1 saturated heterocycles. The van der Waals surface area contributed by atoms with Gasteiger partial charge in [0.2, 0.25) is 11.9 Å². The number of rotatable bonds is 8. The number of hydrogen-bond donors (Lipinski definition) is 3. The minimum Gasteiger partial charge on any atom is -0.367 e. The van der Waals surface area contributed by atoms with Gasteiger partial charge in [0.1, 0.15) is 0 Å². The second kappa shape index (κ2) is 13.2. The zero-order chi connectivity index (χ0) is 29.6.